The molecule has 1 saturated heterocycles. The topological polar surface area (TPSA) is 76.1 Å². The monoisotopic (exact) mass is 265 g/mol. The van der Waals surface area contributed by atoms with Gasteiger partial charge in [0.05, 0.1) is 6.61 Å². The molecule has 6 nitrogen and oxygen atoms in total. The van der Waals surface area contributed by atoms with Crippen molar-refractivity contribution in [1.29, 1.82) is 0 Å². The average Bonchev–Trinajstić information content (AvgIpc) is 2.66. The molecule has 1 aromatic carbocycles. The predicted molar refractivity (Wildman–Crippen MR) is 67.5 cm³/mol. The Morgan fingerprint density at radius 3 is 2.58 bits per heavy atom. The van der Waals surface area contributed by atoms with Crippen LogP contribution in [-0.4, -0.2) is 35.9 Å². The van der Waals surface area contributed by atoms with Gasteiger partial charge in [0, 0.05) is 5.69 Å². The number of benzene rings is 1. The molecule has 1 heterocycles. The van der Waals surface area contributed by atoms with Gasteiger partial charge in [-0.3, -0.25) is 4.90 Å². The summed E-state index contributed by atoms with van der Waals surface area (Å²) >= 11 is 0. The van der Waals surface area contributed by atoms with Crippen LogP contribution in [0.15, 0.2) is 24.3 Å². The Balaban J connectivity index is 2.28. The number of amides is 1. The molecule has 2 unspecified atom stereocenters. The van der Waals surface area contributed by atoms with Gasteiger partial charge in [0.2, 0.25) is 0 Å². The van der Waals surface area contributed by atoms with Crippen LogP contribution in [0.2, 0.25) is 0 Å². The lowest BCUT2D eigenvalue weighted by Gasteiger charge is -2.19. The highest BCUT2D eigenvalue weighted by molar-refractivity contribution is 5.98. The van der Waals surface area contributed by atoms with E-state index in [1.54, 1.807) is 31.2 Å². The van der Waals surface area contributed by atoms with Gasteiger partial charge in [-0.15, -0.1) is 0 Å². The SMILES string of the molecule is CCOc1ccc(N2C(=O)OC(C)C2C(=O)O)cc1. The van der Waals surface area contributed by atoms with E-state index in [9.17, 15) is 14.7 Å². The van der Waals surface area contributed by atoms with Crippen molar-refractivity contribution in [3.8, 4) is 5.75 Å². The lowest BCUT2D eigenvalue weighted by molar-refractivity contribution is -0.139. The van der Waals surface area contributed by atoms with Crippen LogP contribution in [0.3, 0.4) is 0 Å². The third kappa shape index (κ3) is 2.47. The number of carbonyl (C=O) groups is 2. The first-order chi connectivity index (χ1) is 9.04. The number of hydrogen-bond donors (Lipinski definition) is 1. The van der Waals surface area contributed by atoms with Gasteiger partial charge < -0.3 is 14.6 Å². The van der Waals surface area contributed by atoms with Crippen LogP contribution in [0.5, 0.6) is 5.75 Å². The van der Waals surface area contributed by atoms with Gasteiger partial charge in [-0.2, -0.15) is 0 Å². The molecule has 1 aliphatic heterocycles. The minimum atomic E-state index is -1.09. The normalized spacial score (nSPS) is 22.2. The van der Waals surface area contributed by atoms with Crippen molar-refractivity contribution in [2.75, 3.05) is 11.5 Å². The fourth-order valence-corrected chi connectivity index (χ4v) is 2.05. The second kappa shape index (κ2) is 5.17. The molecule has 2 atom stereocenters. The number of ether oxygens (including phenoxy) is 2. The molecule has 1 fully saturated rings. The van der Waals surface area contributed by atoms with Crippen molar-refractivity contribution >= 4 is 17.7 Å². The number of aliphatic carboxylic acids is 1. The van der Waals surface area contributed by atoms with Crippen LogP contribution < -0.4 is 9.64 Å². The number of nitrogens with zero attached hydrogens (tertiary/aromatic N) is 1. The van der Waals surface area contributed by atoms with Gasteiger partial charge in [-0.05, 0) is 38.1 Å². The lowest BCUT2D eigenvalue weighted by atomic mass is 10.1. The molecule has 6 heteroatoms. The Hall–Kier alpha value is -2.24. The highest BCUT2D eigenvalue weighted by Gasteiger charge is 2.44. The molecule has 0 spiro atoms. The maximum atomic E-state index is 11.7. The molecule has 0 radical (unpaired) electrons. The third-order valence-electron chi connectivity index (χ3n) is 2.89. The molecule has 0 bridgehead atoms. The van der Waals surface area contributed by atoms with E-state index in [4.69, 9.17) is 9.47 Å². The second-order valence-electron chi connectivity index (χ2n) is 4.17. The van der Waals surface area contributed by atoms with Crippen LogP contribution in [0, 0.1) is 0 Å². The zero-order chi connectivity index (χ0) is 14.0. The predicted octanol–water partition coefficient (Wildman–Crippen LogP) is 1.88. The molecule has 0 saturated carbocycles. The Bertz CT molecular complexity index is 484. The van der Waals surface area contributed by atoms with E-state index in [1.807, 2.05) is 6.92 Å². The van der Waals surface area contributed by atoms with Gasteiger partial charge in [0.15, 0.2) is 6.04 Å². The van der Waals surface area contributed by atoms with Gasteiger partial charge in [-0.1, -0.05) is 0 Å². The molecule has 19 heavy (non-hydrogen) atoms. The van der Waals surface area contributed by atoms with E-state index in [0.717, 1.165) is 4.90 Å². The quantitative estimate of drug-likeness (QED) is 0.899. The van der Waals surface area contributed by atoms with E-state index in [1.165, 1.54) is 0 Å². The summed E-state index contributed by atoms with van der Waals surface area (Å²) in [5.74, 6) is -0.425. The van der Waals surface area contributed by atoms with E-state index in [2.05, 4.69) is 0 Å². The van der Waals surface area contributed by atoms with E-state index in [0.29, 0.717) is 18.0 Å². The molecule has 2 rings (SSSR count). The first-order valence-electron chi connectivity index (χ1n) is 6.00. The number of carbonyl (C=O) groups excluding carboxylic acids is 1. The lowest BCUT2D eigenvalue weighted by Crippen LogP contribution is -2.42. The average molecular weight is 265 g/mol. The number of carboxylic acids is 1. The summed E-state index contributed by atoms with van der Waals surface area (Å²) in [6.07, 6.45) is -1.33. The first-order valence-corrected chi connectivity index (χ1v) is 6.00. The minimum Gasteiger partial charge on any atom is -0.494 e. The smallest absolute Gasteiger partial charge is 0.415 e. The van der Waals surface area contributed by atoms with Crippen molar-refractivity contribution < 1.29 is 24.2 Å². The largest absolute Gasteiger partial charge is 0.494 e. The summed E-state index contributed by atoms with van der Waals surface area (Å²) in [5, 5.41) is 9.17. The highest BCUT2D eigenvalue weighted by atomic mass is 16.6. The number of carboxylic acid groups (broad SMARTS) is 1. The molecule has 102 valence electrons. The van der Waals surface area contributed by atoms with Crippen LogP contribution >= 0.6 is 0 Å². The number of anilines is 1. The van der Waals surface area contributed by atoms with Gasteiger partial charge in [-0.25, -0.2) is 9.59 Å². The van der Waals surface area contributed by atoms with Crippen molar-refractivity contribution in [2.45, 2.75) is 26.0 Å². The van der Waals surface area contributed by atoms with Gasteiger partial charge in [0.1, 0.15) is 11.9 Å². The van der Waals surface area contributed by atoms with Crippen molar-refractivity contribution in [1.82, 2.24) is 0 Å². The number of cyclic esters (lactones) is 1. The summed E-state index contributed by atoms with van der Waals surface area (Å²) in [6, 6.07) is 5.65. The highest BCUT2D eigenvalue weighted by Crippen LogP contribution is 2.28. The summed E-state index contributed by atoms with van der Waals surface area (Å²) in [7, 11) is 0. The van der Waals surface area contributed by atoms with E-state index >= 15 is 0 Å². The number of rotatable bonds is 4. The Morgan fingerprint density at radius 2 is 2.05 bits per heavy atom. The Labute approximate surface area is 110 Å². The van der Waals surface area contributed by atoms with Crippen molar-refractivity contribution in [3.05, 3.63) is 24.3 Å². The minimum absolute atomic E-state index is 0.477. The van der Waals surface area contributed by atoms with Gasteiger partial charge >= 0.3 is 12.1 Å². The maximum Gasteiger partial charge on any atom is 0.415 e. The summed E-state index contributed by atoms with van der Waals surface area (Å²) in [5.41, 5.74) is 0.477. The van der Waals surface area contributed by atoms with Crippen LogP contribution in [0.25, 0.3) is 0 Å². The van der Waals surface area contributed by atoms with Crippen molar-refractivity contribution in [2.24, 2.45) is 0 Å². The molecule has 1 N–H and O–H groups in total. The number of hydrogen-bond acceptors (Lipinski definition) is 4. The Kier molecular flexibility index (Phi) is 3.59. The molecule has 1 aromatic rings. The summed E-state index contributed by atoms with van der Waals surface area (Å²) in [4.78, 5) is 24.1. The molecule has 0 aliphatic carbocycles. The zero-order valence-corrected chi connectivity index (χ0v) is 10.7. The fourth-order valence-electron chi connectivity index (χ4n) is 2.05. The third-order valence-corrected chi connectivity index (χ3v) is 2.89. The molecular weight excluding hydrogens is 250 g/mol. The molecule has 1 amide bonds. The standard InChI is InChI=1S/C13H15NO5/c1-3-18-10-6-4-9(5-7-10)14-11(12(15)16)8(2)19-13(14)17/h4-8,11H,3H2,1-2H3,(H,15,16). The molecule has 0 aromatic heterocycles. The Morgan fingerprint density at radius 1 is 1.42 bits per heavy atom. The summed E-state index contributed by atoms with van der Waals surface area (Å²) in [6.45, 7) is 3.97. The van der Waals surface area contributed by atoms with Crippen LogP contribution in [0.4, 0.5) is 10.5 Å². The van der Waals surface area contributed by atoms with E-state index < -0.39 is 24.2 Å². The fraction of sp³-hybridized carbons (Fsp3) is 0.385. The molecular formula is C13H15NO5. The zero-order valence-electron chi connectivity index (χ0n) is 10.7. The van der Waals surface area contributed by atoms with Crippen LogP contribution in [-0.2, 0) is 9.53 Å². The van der Waals surface area contributed by atoms with Crippen LogP contribution in [0.1, 0.15) is 13.8 Å². The second-order valence-corrected chi connectivity index (χ2v) is 4.17. The summed E-state index contributed by atoms with van der Waals surface area (Å²) < 4.78 is 10.2. The van der Waals surface area contributed by atoms with Crippen molar-refractivity contribution in [3.63, 3.8) is 0 Å². The van der Waals surface area contributed by atoms with Gasteiger partial charge in [0.25, 0.3) is 0 Å². The maximum absolute atomic E-state index is 11.7. The molecule has 1 aliphatic rings. The first kappa shape index (κ1) is 13.2. The van der Waals surface area contributed by atoms with E-state index in [-0.39, 0.29) is 0 Å².